The number of hydrogen-bond acceptors (Lipinski definition) is 2. The third-order valence-corrected chi connectivity index (χ3v) is 4.42. The molecule has 1 aliphatic heterocycles. The van der Waals surface area contributed by atoms with Crippen LogP contribution in [0.15, 0.2) is 59.6 Å². The van der Waals surface area contributed by atoms with E-state index in [9.17, 15) is 5.11 Å². The van der Waals surface area contributed by atoms with Gasteiger partial charge in [0, 0.05) is 25.3 Å². The Morgan fingerprint density at radius 3 is 2.39 bits per heavy atom. The molecule has 4 heteroatoms. The molecule has 1 saturated heterocycles. The van der Waals surface area contributed by atoms with Crippen LogP contribution in [0.5, 0.6) is 0 Å². The highest BCUT2D eigenvalue weighted by atomic mass is 16.3. The molecule has 0 aliphatic carbocycles. The molecule has 120 valence electrons. The van der Waals surface area contributed by atoms with Crippen LogP contribution < -0.4 is 5.73 Å². The fraction of sp³-hybridized carbons (Fsp3) is 0.316. The minimum absolute atomic E-state index is 0.266. The molecule has 4 nitrogen and oxygen atoms in total. The average Bonchev–Trinajstić information content (AvgIpc) is 2.63. The van der Waals surface area contributed by atoms with Gasteiger partial charge in [0.2, 0.25) is 0 Å². The molecule has 0 radical (unpaired) electrons. The van der Waals surface area contributed by atoms with E-state index in [1.165, 1.54) is 0 Å². The van der Waals surface area contributed by atoms with Gasteiger partial charge in [-0.3, -0.25) is 0 Å². The van der Waals surface area contributed by atoms with Crippen LogP contribution in [-0.2, 0) is 0 Å². The van der Waals surface area contributed by atoms with Crippen molar-refractivity contribution in [3.05, 3.63) is 54.6 Å². The molecule has 2 aromatic carbocycles. The van der Waals surface area contributed by atoms with Crippen molar-refractivity contribution >= 4 is 11.6 Å². The second-order valence-electron chi connectivity index (χ2n) is 5.97. The summed E-state index contributed by atoms with van der Waals surface area (Å²) >= 11 is 0. The van der Waals surface area contributed by atoms with Gasteiger partial charge >= 0.3 is 0 Å². The number of aliphatic hydroxyl groups is 1. The number of piperidine rings is 1. The molecule has 0 unspecified atom stereocenters. The smallest absolute Gasteiger partial charge is 0.196 e. The van der Waals surface area contributed by atoms with Gasteiger partial charge in [0.1, 0.15) is 0 Å². The van der Waals surface area contributed by atoms with Gasteiger partial charge in [0.05, 0.1) is 5.69 Å². The van der Waals surface area contributed by atoms with Crippen molar-refractivity contribution in [1.29, 1.82) is 0 Å². The van der Waals surface area contributed by atoms with Crippen molar-refractivity contribution in [2.24, 2.45) is 16.6 Å². The second kappa shape index (κ2) is 7.29. The van der Waals surface area contributed by atoms with Crippen molar-refractivity contribution in [2.75, 3.05) is 19.7 Å². The van der Waals surface area contributed by atoms with E-state index in [0.29, 0.717) is 11.9 Å². The Labute approximate surface area is 137 Å². The molecule has 0 atom stereocenters. The van der Waals surface area contributed by atoms with Crippen molar-refractivity contribution < 1.29 is 5.11 Å². The standard InChI is InChI=1S/C19H23N3O/c20-19(22-12-10-15(14-23)11-13-22)21-18-9-5-4-8-17(18)16-6-2-1-3-7-16/h1-9,15,23H,10-14H2,(H2,20,21). The van der Waals surface area contributed by atoms with E-state index in [0.717, 1.165) is 42.7 Å². The number of rotatable bonds is 3. The Bertz CT molecular complexity index is 661. The maximum absolute atomic E-state index is 9.23. The van der Waals surface area contributed by atoms with E-state index in [-0.39, 0.29) is 6.61 Å². The zero-order chi connectivity index (χ0) is 16.1. The molecular formula is C19H23N3O. The summed E-state index contributed by atoms with van der Waals surface area (Å²) < 4.78 is 0. The fourth-order valence-corrected chi connectivity index (χ4v) is 2.97. The van der Waals surface area contributed by atoms with E-state index < -0.39 is 0 Å². The summed E-state index contributed by atoms with van der Waals surface area (Å²) in [5, 5.41) is 9.23. The van der Waals surface area contributed by atoms with Crippen LogP contribution >= 0.6 is 0 Å². The van der Waals surface area contributed by atoms with E-state index in [4.69, 9.17) is 5.73 Å². The molecule has 0 bridgehead atoms. The Morgan fingerprint density at radius 1 is 1.04 bits per heavy atom. The lowest BCUT2D eigenvalue weighted by molar-refractivity contribution is 0.166. The van der Waals surface area contributed by atoms with Crippen LogP contribution in [-0.4, -0.2) is 35.7 Å². The molecule has 23 heavy (non-hydrogen) atoms. The second-order valence-corrected chi connectivity index (χ2v) is 5.97. The SMILES string of the molecule is NC(=Nc1ccccc1-c1ccccc1)N1CCC(CO)CC1. The highest BCUT2D eigenvalue weighted by Gasteiger charge is 2.19. The molecule has 2 aromatic rings. The number of guanidine groups is 1. The van der Waals surface area contributed by atoms with Gasteiger partial charge in [0.25, 0.3) is 0 Å². The average molecular weight is 309 g/mol. The summed E-state index contributed by atoms with van der Waals surface area (Å²) in [6.45, 7) is 1.98. The Balaban J connectivity index is 1.82. The highest BCUT2D eigenvalue weighted by molar-refractivity contribution is 5.85. The lowest BCUT2D eigenvalue weighted by Crippen LogP contribution is -2.43. The summed E-state index contributed by atoms with van der Waals surface area (Å²) in [6.07, 6.45) is 1.93. The van der Waals surface area contributed by atoms with Crippen molar-refractivity contribution in [2.45, 2.75) is 12.8 Å². The highest BCUT2D eigenvalue weighted by Crippen LogP contribution is 2.30. The summed E-state index contributed by atoms with van der Waals surface area (Å²) in [6, 6.07) is 18.3. The van der Waals surface area contributed by atoms with Gasteiger partial charge in [0.15, 0.2) is 5.96 Å². The number of para-hydroxylation sites is 1. The third kappa shape index (κ3) is 3.71. The lowest BCUT2D eigenvalue weighted by Gasteiger charge is -2.31. The third-order valence-electron chi connectivity index (χ3n) is 4.42. The molecule has 0 saturated carbocycles. The Morgan fingerprint density at radius 2 is 1.70 bits per heavy atom. The Kier molecular flexibility index (Phi) is 4.93. The van der Waals surface area contributed by atoms with E-state index >= 15 is 0 Å². The first-order valence-electron chi connectivity index (χ1n) is 8.12. The Hall–Kier alpha value is -2.33. The van der Waals surface area contributed by atoms with Crippen LogP contribution in [0.2, 0.25) is 0 Å². The summed E-state index contributed by atoms with van der Waals surface area (Å²) in [4.78, 5) is 6.77. The van der Waals surface area contributed by atoms with Gasteiger partial charge in [-0.15, -0.1) is 0 Å². The number of aliphatic hydroxyl groups excluding tert-OH is 1. The van der Waals surface area contributed by atoms with Crippen molar-refractivity contribution in [1.82, 2.24) is 4.90 Å². The number of hydrogen-bond donors (Lipinski definition) is 2. The zero-order valence-corrected chi connectivity index (χ0v) is 13.2. The number of aliphatic imine (C=N–C) groups is 1. The first-order chi connectivity index (χ1) is 11.3. The van der Waals surface area contributed by atoms with Crippen molar-refractivity contribution in [3.8, 4) is 11.1 Å². The summed E-state index contributed by atoms with van der Waals surface area (Å²) in [5.41, 5.74) is 9.34. The van der Waals surface area contributed by atoms with Crippen LogP contribution in [0.4, 0.5) is 5.69 Å². The number of nitrogens with two attached hydrogens (primary N) is 1. The van der Waals surface area contributed by atoms with Gasteiger partial charge in [-0.25, -0.2) is 4.99 Å². The van der Waals surface area contributed by atoms with Gasteiger partial charge in [-0.1, -0.05) is 48.5 Å². The minimum atomic E-state index is 0.266. The van der Waals surface area contributed by atoms with E-state index in [2.05, 4.69) is 28.1 Å². The van der Waals surface area contributed by atoms with E-state index in [1.807, 2.05) is 36.4 Å². The van der Waals surface area contributed by atoms with Gasteiger partial charge < -0.3 is 15.7 Å². The van der Waals surface area contributed by atoms with Gasteiger partial charge in [-0.2, -0.15) is 0 Å². The molecular weight excluding hydrogens is 286 g/mol. The van der Waals surface area contributed by atoms with Crippen molar-refractivity contribution in [3.63, 3.8) is 0 Å². The maximum atomic E-state index is 9.23. The largest absolute Gasteiger partial charge is 0.396 e. The molecule has 1 aliphatic rings. The first-order valence-corrected chi connectivity index (χ1v) is 8.12. The van der Waals surface area contributed by atoms with E-state index in [1.54, 1.807) is 0 Å². The van der Waals surface area contributed by atoms with Crippen LogP contribution in [0.25, 0.3) is 11.1 Å². The number of nitrogens with zero attached hydrogens (tertiary/aromatic N) is 2. The normalized spacial score (nSPS) is 16.6. The topological polar surface area (TPSA) is 61.8 Å². The monoisotopic (exact) mass is 309 g/mol. The van der Waals surface area contributed by atoms with Crippen LogP contribution in [0, 0.1) is 5.92 Å². The molecule has 3 N–H and O–H groups in total. The molecule has 0 aromatic heterocycles. The summed E-state index contributed by atoms with van der Waals surface area (Å²) in [7, 11) is 0. The molecule has 1 heterocycles. The molecule has 1 fully saturated rings. The van der Waals surface area contributed by atoms with Gasteiger partial charge in [-0.05, 0) is 30.4 Å². The quantitative estimate of drug-likeness (QED) is 0.677. The van der Waals surface area contributed by atoms with Crippen LogP contribution in [0.1, 0.15) is 12.8 Å². The zero-order valence-electron chi connectivity index (χ0n) is 13.2. The predicted molar refractivity (Wildman–Crippen MR) is 94.5 cm³/mol. The lowest BCUT2D eigenvalue weighted by atomic mass is 9.98. The fourth-order valence-electron chi connectivity index (χ4n) is 2.97. The van der Waals surface area contributed by atoms with Crippen LogP contribution in [0.3, 0.4) is 0 Å². The predicted octanol–water partition coefficient (Wildman–Crippen LogP) is 3.00. The number of likely N-dealkylation sites (tertiary alicyclic amines) is 1. The molecule has 0 spiro atoms. The first kappa shape index (κ1) is 15.6. The summed E-state index contributed by atoms with van der Waals surface area (Å²) in [5.74, 6) is 0.959. The minimum Gasteiger partial charge on any atom is -0.396 e. The number of benzene rings is 2. The molecule has 3 rings (SSSR count). The maximum Gasteiger partial charge on any atom is 0.196 e. The molecule has 0 amide bonds.